The number of rotatable bonds is 7. The first-order valence-corrected chi connectivity index (χ1v) is 12.5. The Bertz CT molecular complexity index is 1500. The highest BCUT2D eigenvalue weighted by Gasteiger charge is 2.38. The molecule has 0 aliphatic carbocycles. The molecule has 0 fully saturated rings. The summed E-state index contributed by atoms with van der Waals surface area (Å²) in [4.78, 5) is 38.2. The van der Waals surface area contributed by atoms with Gasteiger partial charge in [0.25, 0.3) is 5.69 Å². The van der Waals surface area contributed by atoms with Gasteiger partial charge in [0, 0.05) is 40.9 Å². The topological polar surface area (TPSA) is 89.8 Å². The Morgan fingerprint density at radius 3 is 2.38 bits per heavy atom. The number of nitro benzene ring substituents is 1. The van der Waals surface area contributed by atoms with Crippen LogP contribution in [0.2, 0.25) is 0 Å². The molecule has 1 aliphatic rings. The molecule has 0 saturated carbocycles. The summed E-state index contributed by atoms with van der Waals surface area (Å²) in [5.41, 5.74) is 0.457. The van der Waals surface area contributed by atoms with Crippen LogP contribution in [0.3, 0.4) is 0 Å². The Morgan fingerprint density at radius 2 is 1.72 bits per heavy atom. The van der Waals surface area contributed by atoms with E-state index in [0.717, 1.165) is 40.8 Å². The summed E-state index contributed by atoms with van der Waals surface area (Å²) < 4.78 is 44.4. The first-order chi connectivity index (χ1) is 18.3. The highest BCUT2D eigenvalue weighted by atomic mass is 32.2. The van der Waals surface area contributed by atoms with Gasteiger partial charge in [0.1, 0.15) is 0 Å². The average Bonchev–Trinajstić information content (AvgIpc) is 3.07. The molecule has 39 heavy (non-hydrogen) atoms. The number of esters is 1. The van der Waals surface area contributed by atoms with Gasteiger partial charge in [-0.1, -0.05) is 55.9 Å². The van der Waals surface area contributed by atoms with Gasteiger partial charge >= 0.3 is 12.1 Å². The molecule has 202 valence electrons. The highest BCUT2D eigenvalue weighted by Crippen LogP contribution is 2.46. The fraction of sp³-hybridized carbons (Fsp3) is 0.214. The van der Waals surface area contributed by atoms with E-state index < -0.39 is 46.1 Å². The number of anilines is 1. The van der Waals surface area contributed by atoms with E-state index in [1.54, 1.807) is 12.1 Å². The largest absolute Gasteiger partial charge is 0.454 e. The van der Waals surface area contributed by atoms with Crippen molar-refractivity contribution in [3.05, 3.63) is 105 Å². The lowest BCUT2D eigenvalue weighted by atomic mass is 9.83. The number of alkyl halides is 3. The smallest absolute Gasteiger partial charge is 0.416 e. The summed E-state index contributed by atoms with van der Waals surface area (Å²) in [5.74, 6) is -1.28. The molecule has 0 saturated heterocycles. The van der Waals surface area contributed by atoms with Gasteiger partial charge in [0.05, 0.1) is 20.9 Å². The molecule has 1 aliphatic heterocycles. The van der Waals surface area contributed by atoms with Crippen LogP contribution in [0.15, 0.2) is 88.3 Å². The fourth-order valence-electron chi connectivity index (χ4n) is 4.43. The molecular formula is C28H23F3N2O5S. The summed E-state index contributed by atoms with van der Waals surface area (Å²) >= 11 is 0.757. The highest BCUT2D eigenvalue weighted by molar-refractivity contribution is 7.99. The summed E-state index contributed by atoms with van der Waals surface area (Å²) in [6.45, 7) is 3.45. The summed E-state index contributed by atoms with van der Waals surface area (Å²) in [5, 5.41) is 11.5. The van der Waals surface area contributed by atoms with Gasteiger partial charge in [-0.25, -0.2) is 4.79 Å². The number of para-hydroxylation sites is 1. The number of hydrogen-bond donors (Lipinski definition) is 0. The molecule has 1 heterocycles. The number of hydrogen-bond acceptors (Lipinski definition) is 7. The van der Waals surface area contributed by atoms with E-state index in [-0.39, 0.29) is 15.4 Å². The second kappa shape index (κ2) is 10.6. The van der Waals surface area contributed by atoms with Gasteiger partial charge in [-0.05, 0) is 35.9 Å². The molecule has 0 atom stereocenters. The number of nitrogens with zero attached hydrogens (tertiary/aromatic N) is 2. The van der Waals surface area contributed by atoms with Crippen molar-refractivity contribution in [3.8, 4) is 0 Å². The van der Waals surface area contributed by atoms with Crippen molar-refractivity contribution in [2.24, 2.45) is 0 Å². The number of likely N-dealkylation sites (N-methyl/N-ethyl adjacent to an activating group) is 1. The molecule has 3 aromatic rings. The Kier molecular flexibility index (Phi) is 7.56. The van der Waals surface area contributed by atoms with Gasteiger partial charge in [-0.3, -0.25) is 14.9 Å². The van der Waals surface area contributed by atoms with Crippen LogP contribution in [-0.2, 0) is 21.1 Å². The molecule has 4 rings (SSSR count). The van der Waals surface area contributed by atoms with Crippen molar-refractivity contribution in [2.45, 2.75) is 35.2 Å². The first-order valence-electron chi connectivity index (χ1n) is 11.7. The molecule has 0 amide bonds. The van der Waals surface area contributed by atoms with Crippen LogP contribution in [0.25, 0.3) is 0 Å². The van der Waals surface area contributed by atoms with Crippen LogP contribution in [0.5, 0.6) is 0 Å². The number of nitro groups is 1. The van der Waals surface area contributed by atoms with Gasteiger partial charge in [0.15, 0.2) is 12.4 Å². The molecule has 3 aromatic carbocycles. The van der Waals surface area contributed by atoms with Crippen molar-refractivity contribution in [1.29, 1.82) is 0 Å². The Hall–Kier alpha value is -4.12. The van der Waals surface area contributed by atoms with Crippen LogP contribution in [-0.4, -0.2) is 30.3 Å². The van der Waals surface area contributed by atoms with Crippen molar-refractivity contribution in [1.82, 2.24) is 0 Å². The number of benzene rings is 3. The van der Waals surface area contributed by atoms with Gasteiger partial charge in [-0.15, -0.1) is 0 Å². The Morgan fingerprint density at radius 1 is 1.05 bits per heavy atom. The van der Waals surface area contributed by atoms with E-state index in [2.05, 4.69) is 0 Å². The van der Waals surface area contributed by atoms with E-state index in [1.165, 1.54) is 18.2 Å². The lowest BCUT2D eigenvalue weighted by Gasteiger charge is -2.23. The normalized spacial score (nSPS) is 15.2. The molecule has 0 N–H and O–H groups in total. The molecule has 7 nitrogen and oxygen atoms in total. The number of ether oxygens (including phenoxy) is 1. The third-order valence-corrected chi connectivity index (χ3v) is 7.53. The van der Waals surface area contributed by atoms with Crippen LogP contribution < -0.4 is 4.90 Å². The average molecular weight is 557 g/mol. The van der Waals surface area contributed by atoms with E-state index in [1.807, 2.05) is 50.1 Å². The molecule has 0 spiro atoms. The van der Waals surface area contributed by atoms with Gasteiger partial charge in [0.2, 0.25) is 0 Å². The number of carbonyl (C=O) groups excluding carboxylic acids is 2. The third kappa shape index (κ3) is 5.68. The SMILES string of the molecule is CN1/C(=C/C(=O)COC(=O)c2ccccc2Sc2ccc(C(F)(F)F)cc2[N+](=O)[O-])C(C)(C)c2ccccc21. The van der Waals surface area contributed by atoms with E-state index in [9.17, 15) is 32.9 Å². The zero-order valence-corrected chi connectivity index (χ0v) is 21.9. The minimum Gasteiger partial charge on any atom is -0.454 e. The molecule has 0 unspecified atom stereocenters. The minimum absolute atomic E-state index is 0.0165. The molecule has 0 aromatic heterocycles. The Balaban J connectivity index is 1.51. The quantitative estimate of drug-likeness (QED) is 0.137. The summed E-state index contributed by atoms with van der Waals surface area (Å²) in [7, 11) is 1.85. The number of allylic oxidation sites excluding steroid dienone is 1. The van der Waals surface area contributed by atoms with Crippen molar-refractivity contribution >= 4 is 34.9 Å². The third-order valence-electron chi connectivity index (χ3n) is 6.39. The maximum atomic E-state index is 13.0. The monoisotopic (exact) mass is 556 g/mol. The predicted molar refractivity (Wildman–Crippen MR) is 140 cm³/mol. The Labute approximate surface area is 226 Å². The van der Waals surface area contributed by atoms with Crippen molar-refractivity contribution in [2.75, 3.05) is 18.6 Å². The van der Waals surface area contributed by atoms with Crippen LogP contribution in [0, 0.1) is 10.1 Å². The van der Waals surface area contributed by atoms with E-state index >= 15 is 0 Å². The van der Waals surface area contributed by atoms with Crippen LogP contribution in [0.1, 0.15) is 35.3 Å². The predicted octanol–water partition coefficient (Wildman–Crippen LogP) is 6.80. The number of halogens is 3. The molecule has 11 heteroatoms. The van der Waals surface area contributed by atoms with E-state index in [0.29, 0.717) is 6.07 Å². The molecule has 0 radical (unpaired) electrons. The standard InChI is InChI=1S/C28H23F3N2O5S/c1-27(2)20-9-5-6-10-21(20)32(3)25(27)15-18(34)16-38-26(35)19-8-4-7-11-23(19)39-24-13-12-17(28(29,30)31)14-22(24)33(36)37/h4-15H,16H2,1-3H3/b25-15+. The van der Waals surface area contributed by atoms with Gasteiger partial charge in [-0.2, -0.15) is 13.2 Å². The zero-order chi connectivity index (χ0) is 28.5. The lowest BCUT2D eigenvalue weighted by molar-refractivity contribution is -0.388. The summed E-state index contributed by atoms with van der Waals surface area (Å²) in [6, 6.07) is 16.0. The first kappa shape index (κ1) is 27.9. The second-order valence-electron chi connectivity index (χ2n) is 9.31. The summed E-state index contributed by atoms with van der Waals surface area (Å²) in [6.07, 6.45) is -3.30. The second-order valence-corrected chi connectivity index (χ2v) is 10.4. The van der Waals surface area contributed by atoms with E-state index in [4.69, 9.17) is 4.74 Å². The maximum Gasteiger partial charge on any atom is 0.416 e. The number of ketones is 1. The minimum atomic E-state index is -4.75. The zero-order valence-electron chi connectivity index (χ0n) is 21.1. The lowest BCUT2D eigenvalue weighted by Crippen LogP contribution is -2.25. The molecular weight excluding hydrogens is 533 g/mol. The van der Waals surface area contributed by atoms with Crippen LogP contribution >= 0.6 is 11.8 Å². The van der Waals surface area contributed by atoms with Gasteiger partial charge < -0.3 is 9.64 Å². The maximum absolute atomic E-state index is 13.0. The number of fused-ring (bicyclic) bond motifs is 1. The van der Waals surface area contributed by atoms with Crippen LogP contribution in [0.4, 0.5) is 24.5 Å². The fourth-order valence-corrected chi connectivity index (χ4v) is 5.45. The number of carbonyl (C=O) groups is 2. The van der Waals surface area contributed by atoms with Crippen molar-refractivity contribution in [3.63, 3.8) is 0 Å². The van der Waals surface area contributed by atoms with Crippen molar-refractivity contribution < 1.29 is 32.4 Å². The molecule has 0 bridgehead atoms.